The van der Waals surface area contributed by atoms with Crippen molar-refractivity contribution >= 4 is 29.4 Å². The van der Waals surface area contributed by atoms with Crippen LogP contribution in [0.2, 0.25) is 0 Å². The number of rotatable bonds is 12. The normalized spacial score (nSPS) is 16.5. The van der Waals surface area contributed by atoms with Gasteiger partial charge >= 0.3 is 12.1 Å². The summed E-state index contributed by atoms with van der Waals surface area (Å²) in [7, 11) is 1.28. The molecule has 0 bridgehead atoms. The highest BCUT2D eigenvalue weighted by Crippen LogP contribution is 2.30. The molecule has 3 atom stereocenters. The van der Waals surface area contributed by atoms with E-state index in [1.165, 1.54) is 7.11 Å². The van der Waals surface area contributed by atoms with Crippen LogP contribution in [0.15, 0.2) is 115 Å². The van der Waals surface area contributed by atoms with Crippen molar-refractivity contribution in [2.24, 2.45) is 0 Å². The molecule has 5 rings (SSSR count). The van der Waals surface area contributed by atoms with Gasteiger partial charge < -0.3 is 36.1 Å². The number of carbonyl (C=O) groups excluding carboxylic acids is 3. The maximum Gasteiger partial charge on any atom is 0.407 e. The molecule has 4 aromatic rings. The minimum absolute atomic E-state index is 0.000710. The molecule has 47 heavy (non-hydrogen) atoms. The summed E-state index contributed by atoms with van der Waals surface area (Å²) in [4.78, 5) is 38.7. The fourth-order valence-corrected chi connectivity index (χ4v) is 5.67. The van der Waals surface area contributed by atoms with E-state index in [0.29, 0.717) is 31.8 Å². The maximum absolute atomic E-state index is 14.0. The van der Waals surface area contributed by atoms with Crippen LogP contribution in [0.4, 0.5) is 21.0 Å². The molecule has 244 valence electrons. The van der Waals surface area contributed by atoms with Gasteiger partial charge in [-0.1, -0.05) is 97.1 Å². The lowest BCUT2D eigenvalue weighted by Gasteiger charge is -2.31. The van der Waals surface area contributed by atoms with E-state index in [1.807, 2.05) is 115 Å². The molecule has 4 amide bonds. The minimum atomic E-state index is -0.952. The highest BCUT2D eigenvalue weighted by molar-refractivity contribution is 5.98. The first-order valence-electron chi connectivity index (χ1n) is 15.8. The van der Waals surface area contributed by atoms with Crippen LogP contribution in [0.5, 0.6) is 0 Å². The van der Waals surface area contributed by atoms with E-state index in [2.05, 4.69) is 26.6 Å². The molecule has 1 fully saturated rings. The number of nitrogens with one attached hydrogen (secondary N) is 5. The largest absolute Gasteiger partial charge is 0.453 e. The number of anilines is 2. The average Bonchev–Trinajstić information content (AvgIpc) is 3.11. The summed E-state index contributed by atoms with van der Waals surface area (Å²) < 4.78 is 11.0. The Morgan fingerprint density at radius 2 is 1.45 bits per heavy atom. The summed E-state index contributed by atoms with van der Waals surface area (Å²) in [5.74, 6) is -0.819. The van der Waals surface area contributed by atoms with Crippen molar-refractivity contribution in [3.8, 4) is 0 Å². The van der Waals surface area contributed by atoms with E-state index < -0.39 is 18.1 Å². The van der Waals surface area contributed by atoms with Gasteiger partial charge in [-0.15, -0.1) is 0 Å². The van der Waals surface area contributed by atoms with E-state index >= 15 is 0 Å². The first-order valence-corrected chi connectivity index (χ1v) is 15.8. The van der Waals surface area contributed by atoms with Crippen molar-refractivity contribution < 1.29 is 23.9 Å². The van der Waals surface area contributed by atoms with Crippen molar-refractivity contribution in [2.45, 2.75) is 36.9 Å². The molecular weight excluding hydrogens is 594 g/mol. The van der Waals surface area contributed by atoms with Crippen molar-refractivity contribution in [3.05, 3.63) is 132 Å². The second kappa shape index (κ2) is 16.9. The quantitative estimate of drug-likeness (QED) is 0.144. The molecular formula is C37H41N5O5. The summed E-state index contributed by atoms with van der Waals surface area (Å²) in [6, 6.07) is 35.0. The number of amides is 4. The Morgan fingerprint density at radius 3 is 2.06 bits per heavy atom. The molecule has 10 nitrogen and oxygen atoms in total. The number of carbonyl (C=O) groups is 3. The van der Waals surface area contributed by atoms with Gasteiger partial charge in [0.05, 0.1) is 19.8 Å². The monoisotopic (exact) mass is 635 g/mol. The predicted molar refractivity (Wildman–Crippen MR) is 182 cm³/mol. The van der Waals surface area contributed by atoms with Gasteiger partial charge in [0, 0.05) is 36.4 Å². The molecule has 0 radical (unpaired) electrons. The SMILES string of the molecule is COC(=O)NC(C(=O)Nc1ccccc1CC[C@@H]1CN[C@H](CNC(=O)Nc2ccccc2)CO1)C(c1ccccc1)c1ccccc1. The summed E-state index contributed by atoms with van der Waals surface area (Å²) in [6.45, 7) is 1.55. The van der Waals surface area contributed by atoms with E-state index in [4.69, 9.17) is 9.47 Å². The van der Waals surface area contributed by atoms with Crippen molar-refractivity contribution in [1.29, 1.82) is 0 Å². The van der Waals surface area contributed by atoms with Gasteiger partial charge in [0.1, 0.15) is 6.04 Å². The minimum Gasteiger partial charge on any atom is -0.453 e. The standard InChI is InChI=1S/C37H41N5O5/c1-46-37(45)42-34(33(27-14-5-2-6-15-27)28-16-7-3-8-17-28)35(43)41-32-20-12-11-13-26(32)21-22-31-24-38-30(25-47-31)23-39-36(44)40-29-18-9-4-10-19-29/h2-20,30-31,33-34,38H,21-25H2,1H3,(H,41,43)(H,42,45)(H2,39,40,44)/t30-,31-,34?/m1/s1. The lowest BCUT2D eigenvalue weighted by molar-refractivity contribution is -0.118. The van der Waals surface area contributed by atoms with Gasteiger partial charge in [0.25, 0.3) is 0 Å². The fraction of sp³-hybridized carbons (Fsp3) is 0.270. The Bertz CT molecular complexity index is 1540. The van der Waals surface area contributed by atoms with Gasteiger partial charge in [-0.05, 0) is 47.7 Å². The maximum atomic E-state index is 14.0. The smallest absolute Gasteiger partial charge is 0.407 e. The topological polar surface area (TPSA) is 130 Å². The molecule has 1 unspecified atom stereocenters. The summed E-state index contributed by atoms with van der Waals surface area (Å²) in [6.07, 6.45) is 0.681. The molecule has 0 aliphatic carbocycles. The Hall–Kier alpha value is -5.19. The molecule has 5 N–H and O–H groups in total. The second-order valence-electron chi connectivity index (χ2n) is 11.4. The van der Waals surface area contributed by atoms with E-state index in [1.54, 1.807) is 0 Å². The van der Waals surface area contributed by atoms with Crippen molar-refractivity contribution in [3.63, 3.8) is 0 Å². The molecule has 0 saturated carbocycles. The van der Waals surface area contributed by atoms with Gasteiger partial charge in [-0.2, -0.15) is 0 Å². The Balaban J connectivity index is 1.19. The zero-order valence-corrected chi connectivity index (χ0v) is 26.4. The third-order valence-corrected chi connectivity index (χ3v) is 8.11. The summed E-state index contributed by atoms with van der Waals surface area (Å²) in [5.41, 5.74) is 4.13. The third-order valence-electron chi connectivity index (χ3n) is 8.11. The first-order chi connectivity index (χ1) is 23.0. The molecule has 1 heterocycles. The average molecular weight is 636 g/mol. The van der Waals surface area contributed by atoms with Crippen LogP contribution in [0, 0.1) is 0 Å². The third kappa shape index (κ3) is 9.65. The number of methoxy groups -OCH3 is 1. The summed E-state index contributed by atoms with van der Waals surface area (Å²) >= 11 is 0. The van der Waals surface area contributed by atoms with Gasteiger partial charge in [0.2, 0.25) is 5.91 Å². The number of alkyl carbamates (subject to hydrolysis) is 1. The number of hydrogen-bond acceptors (Lipinski definition) is 6. The Kier molecular flexibility index (Phi) is 12.0. The summed E-state index contributed by atoms with van der Waals surface area (Å²) in [5, 5.41) is 15.0. The van der Waals surface area contributed by atoms with Crippen LogP contribution in [-0.2, 0) is 20.7 Å². The zero-order valence-electron chi connectivity index (χ0n) is 26.4. The highest BCUT2D eigenvalue weighted by atomic mass is 16.5. The van der Waals surface area contributed by atoms with Crippen LogP contribution >= 0.6 is 0 Å². The van der Waals surface area contributed by atoms with Crippen molar-refractivity contribution in [2.75, 3.05) is 37.4 Å². The number of para-hydroxylation sites is 2. The van der Waals surface area contributed by atoms with Gasteiger partial charge in [0.15, 0.2) is 0 Å². The van der Waals surface area contributed by atoms with Crippen molar-refractivity contribution in [1.82, 2.24) is 16.0 Å². The van der Waals surface area contributed by atoms with Crippen LogP contribution in [0.1, 0.15) is 29.0 Å². The fourth-order valence-electron chi connectivity index (χ4n) is 5.67. The predicted octanol–water partition coefficient (Wildman–Crippen LogP) is 5.29. The lowest BCUT2D eigenvalue weighted by atomic mass is 9.84. The molecule has 1 aliphatic heterocycles. The molecule has 4 aromatic carbocycles. The second-order valence-corrected chi connectivity index (χ2v) is 11.4. The molecule has 1 saturated heterocycles. The Labute approximate surface area is 275 Å². The molecule has 0 spiro atoms. The lowest BCUT2D eigenvalue weighted by Crippen LogP contribution is -2.52. The van der Waals surface area contributed by atoms with Gasteiger partial charge in [-0.3, -0.25) is 4.79 Å². The van der Waals surface area contributed by atoms with E-state index in [9.17, 15) is 14.4 Å². The molecule has 0 aromatic heterocycles. The van der Waals surface area contributed by atoms with E-state index in [-0.39, 0.29) is 24.1 Å². The zero-order chi connectivity index (χ0) is 32.8. The van der Waals surface area contributed by atoms with Crippen LogP contribution < -0.4 is 26.6 Å². The number of urea groups is 1. The molecule has 1 aliphatic rings. The number of benzene rings is 4. The van der Waals surface area contributed by atoms with Crippen LogP contribution in [-0.4, -0.2) is 63.0 Å². The van der Waals surface area contributed by atoms with E-state index in [0.717, 1.165) is 28.8 Å². The first kappa shape index (κ1) is 33.2. The van der Waals surface area contributed by atoms with Crippen LogP contribution in [0.3, 0.4) is 0 Å². The number of morpholine rings is 1. The number of hydrogen-bond donors (Lipinski definition) is 5. The molecule has 10 heteroatoms. The number of aryl methyl sites for hydroxylation is 1. The number of ether oxygens (including phenoxy) is 2. The van der Waals surface area contributed by atoms with Gasteiger partial charge in [-0.25, -0.2) is 9.59 Å². The Morgan fingerprint density at radius 1 is 0.830 bits per heavy atom. The van der Waals surface area contributed by atoms with Crippen LogP contribution in [0.25, 0.3) is 0 Å². The highest BCUT2D eigenvalue weighted by Gasteiger charge is 2.33.